The monoisotopic (exact) mass is 558 g/mol. The van der Waals surface area contributed by atoms with Gasteiger partial charge in [0.2, 0.25) is 5.78 Å². The zero-order valence-electron chi connectivity index (χ0n) is 25.2. The summed E-state index contributed by atoms with van der Waals surface area (Å²) >= 11 is 0. The number of amides is 2. The number of carbonyl (C=O) groups is 3. The summed E-state index contributed by atoms with van der Waals surface area (Å²) in [5, 5.41) is 5.48. The van der Waals surface area contributed by atoms with Gasteiger partial charge >= 0.3 is 0 Å². The number of rotatable bonds is 13. The summed E-state index contributed by atoms with van der Waals surface area (Å²) in [7, 11) is 1.31. The Labute approximate surface area is 243 Å². The highest BCUT2D eigenvalue weighted by Gasteiger charge is 2.29. The second-order valence-electron chi connectivity index (χ2n) is 11.4. The molecule has 0 aliphatic heterocycles. The van der Waals surface area contributed by atoms with Crippen LogP contribution in [0.2, 0.25) is 0 Å². The molecule has 0 radical (unpaired) electrons. The summed E-state index contributed by atoms with van der Waals surface area (Å²) in [6.45, 7) is 12.9. The first-order valence-corrected chi connectivity index (χ1v) is 14.0. The Bertz CT molecular complexity index is 1360. The second-order valence-corrected chi connectivity index (χ2v) is 11.4. The quantitative estimate of drug-likeness (QED) is 0.176. The Morgan fingerprint density at radius 2 is 1.44 bits per heavy atom. The normalized spacial score (nSPS) is 12.4. The molecule has 41 heavy (non-hydrogen) atoms. The lowest BCUT2D eigenvalue weighted by molar-refractivity contribution is -0.123. The number of carbonyl (C=O) groups excluding carboxylic acids is 3. The van der Waals surface area contributed by atoms with Crippen LogP contribution in [0.3, 0.4) is 0 Å². The topological polar surface area (TPSA) is 93.7 Å². The van der Waals surface area contributed by atoms with Crippen molar-refractivity contribution in [1.29, 1.82) is 0 Å². The van der Waals surface area contributed by atoms with Gasteiger partial charge in [-0.2, -0.15) is 0 Å². The van der Waals surface area contributed by atoms with E-state index >= 15 is 0 Å². The van der Waals surface area contributed by atoms with Crippen molar-refractivity contribution in [2.24, 2.45) is 0 Å². The first-order chi connectivity index (χ1) is 19.4. The van der Waals surface area contributed by atoms with Gasteiger partial charge in [0, 0.05) is 29.6 Å². The zero-order valence-corrected chi connectivity index (χ0v) is 25.2. The van der Waals surface area contributed by atoms with Gasteiger partial charge in [0.25, 0.3) is 11.8 Å². The van der Waals surface area contributed by atoms with Crippen molar-refractivity contribution in [2.45, 2.75) is 71.3 Å². The molecule has 218 valence electrons. The highest BCUT2D eigenvalue weighted by Crippen LogP contribution is 2.38. The third-order valence-corrected chi connectivity index (χ3v) is 7.80. The molecule has 0 fully saturated rings. The van der Waals surface area contributed by atoms with Crippen molar-refractivity contribution in [3.8, 4) is 5.75 Å². The maximum absolute atomic E-state index is 13.1. The van der Waals surface area contributed by atoms with Gasteiger partial charge in [0.1, 0.15) is 5.75 Å². The number of hydrogen-bond donors (Lipinski definition) is 2. The molecule has 3 aromatic carbocycles. The molecule has 3 aromatic rings. The van der Waals surface area contributed by atoms with Crippen LogP contribution >= 0.6 is 0 Å². The summed E-state index contributed by atoms with van der Waals surface area (Å²) < 4.78 is 11.3. The van der Waals surface area contributed by atoms with E-state index in [-0.39, 0.29) is 28.9 Å². The fraction of sp³-hybridized carbons (Fsp3) is 0.382. The number of benzene rings is 3. The SMILES string of the molecule is CCC(C)(C)c1ccc(OCC(=O)Nc2cccc(C(=O)C(OC)C(=O)Nc3ccccc3)c2)c(C(C)(C)CC)c1. The Morgan fingerprint density at radius 3 is 2.07 bits per heavy atom. The molecule has 2 N–H and O–H groups in total. The van der Waals surface area contributed by atoms with Crippen LogP contribution in [0.5, 0.6) is 5.75 Å². The van der Waals surface area contributed by atoms with E-state index in [2.05, 4.69) is 64.3 Å². The molecule has 0 aliphatic rings. The van der Waals surface area contributed by atoms with Gasteiger partial charge < -0.3 is 20.1 Å². The van der Waals surface area contributed by atoms with E-state index in [0.717, 1.165) is 18.4 Å². The first kappa shape index (κ1) is 31.6. The van der Waals surface area contributed by atoms with Crippen molar-refractivity contribution in [3.63, 3.8) is 0 Å². The van der Waals surface area contributed by atoms with Crippen molar-refractivity contribution in [2.75, 3.05) is 24.4 Å². The fourth-order valence-electron chi connectivity index (χ4n) is 4.30. The number of Topliss-reactive ketones (excluding diaryl/α,β-unsaturated/α-hetero) is 1. The number of hydrogen-bond acceptors (Lipinski definition) is 5. The van der Waals surface area contributed by atoms with E-state index in [1.54, 1.807) is 42.5 Å². The van der Waals surface area contributed by atoms with Crippen LogP contribution < -0.4 is 15.4 Å². The van der Waals surface area contributed by atoms with Crippen LogP contribution in [-0.2, 0) is 25.2 Å². The molecule has 1 atom stereocenters. The number of nitrogens with one attached hydrogen (secondary N) is 2. The van der Waals surface area contributed by atoms with Crippen LogP contribution in [0.25, 0.3) is 0 Å². The molecule has 0 saturated carbocycles. The van der Waals surface area contributed by atoms with Gasteiger partial charge in [0.15, 0.2) is 12.7 Å². The number of ether oxygens (including phenoxy) is 2. The second kappa shape index (κ2) is 13.6. The van der Waals surface area contributed by atoms with Crippen LogP contribution in [-0.4, -0.2) is 37.4 Å². The molecule has 0 bridgehead atoms. The lowest BCUT2D eigenvalue weighted by atomic mass is 9.76. The van der Waals surface area contributed by atoms with Crippen molar-refractivity contribution >= 4 is 29.0 Å². The predicted octanol–water partition coefficient (Wildman–Crippen LogP) is 6.92. The standard InChI is InChI=1S/C34H42N2O5/c1-8-33(3,4)24-18-19-28(27(21-24)34(5,6)9-2)41-22-29(37)35-26-17-13-14-23(20-26)30(38)31(40-7)32(39)36-25-15-11-10-12-16-25/h10-21,31H,8-9,22H2,1-7H3,(H,35,37)(H,36,39). The van der Waals surface area contributed by atoms with Gasteiger partial charge in [-0.25, -0.2) is 0 Å². The number of methoxy groups -OCH3 is 1. The van der Waals surface area contributed by atoms with Gasteiger partial charge in [-0.3, -0.25) is 14.4 Å². The highest BCUT2D eigenvalue weighted by molar-refractivity contribution is 6.16. The van der Waals surface area contributed by atoms with Gasteiger partial charge in [-0.05, 0) is 59.6 Å². The van der Waals surface area contributed by atoms with Crippen LogP contribution in [0.15, 0.2) is 72.8 Å². The third kappa shape index (κ3) is 8.04. The fourth-order valence-corrected chi connectivity index (χ4v) is 4.30. The summed E-state index contributed by atoms with van der Waals surface area (Å²) in [5.41, 5.74) is 3.41. The summed E-state index contributed by atoms with van der Waals surface area (Å²) in [6.07, 6.45) is 0.579. The number of anilines is 2. The Morgan fingerprint density at radius 1 is 0.780 bits per heavy atom. The smallest absolute Gasteiger partial charge is 0.262 e. The molecular formula is C34H42N2O5. The molecule has 2 amide bonds. The van der Waals surface area contributed by atoms with E-state index in [1.165, 1.54) is 18.7 Å². The largest absolute Gasteiger partial charge is 0.483 e. The van der Waals surface area contributed by atoms with Crippen LogP contribution in [0.1, 0.15) is 75.9 Å². The molecule has 7 heteroatoms. The summed E-state index contributed by atoms with van der Waals surface area (Å²) in [6, 6.07) is 21.5. The van der Waals surface area contributed by atoms with Crippen molar-refractivity contribution in [1.82, 2.24) is 0 Å². The van der Waals surface area contributed by atoms with Gasteiger partial charge in [0.05, 0.1) is 0 Å². The summed E-state index contributed by atoms with van der Waals surface area (Å²) in [4.78, 5) is 38.7. The molecule has 0 aliphatic carbocycles. The van der Waals surface area contributed by atoms with Gasteiger partial charge in [-0.15, -0.1) is 0 Å². The average molecular weight is 559 g/mol. The lowest BCUT2D eigenvalue weighted by Crippen LogP contribution is -2.36. The highest BCUT2D eigenvalue weighted by atomic mass is 16.5. The van der Waals surface area contributed by atoms with Crippen LogP contribution in [0, 0.1) is 0 Å². The van der Waals surface area contributed by atoms with E-state index in [9.17, 15) is 14.4 Å². The van der Waals surface area contributed by atoms with E-state index in [0.29, 0.717) is 17.1 Å². The maximum atomic E-state index is 13.1. The minimum atomic E-state index is -1.34. The summed E-state index contributed by atoms with van der Waals surface area (Å²) in [5.74, 6) is -0.780. The van der Waals surface area contributed by atoms with Crippen LogP contribution in [0.4, 0.5) is 11.4 Å². The van der Waals surface area contributed by atoms with E-state index in [1.807, 2.05) is 12.1 Å². The maximum Gasteiger partial charge on any atom is 0.262 e. The first-order valence-electron chi connectivity index (χ1n) is 14.0. The van der Waals surface area contributed by atoms with Crippen molar-refractivity contribution in [3.05, 3.63) is 89.5 Å². The van der Waals surface area contributed by atoms with E-state index in [4.69, 9.17) is 9.47 Å². The molecule has 1 unspecified atom stereocenters. The Balaban J connectivity index is 1.70. The minimum Gasteiger partial charge on any atom is -0.483 e. The Hall–Kier alpha value is -3.97. The average Bonchev–Trinajstić information content (AvgIpc) is 2.96. The molecule has 0 aromatic heterocycles. The van der Waals surface area contributed by atoms with E-state index < -0.39 is 17.8 Å². The molecule has 7 nitrogen and oxygen atoms in total. The van der Waals surface area contributed by atoms with Crippen molar-refractivity contribution < 1.29 is 23.9 Å². The molecule has 0 heterocycles. The molecule has 3 rings (SSSR count). The molecule has 0 spiro atoms. The number of para-hydroxylation sites is 1. The lowest BCUT2D eigenvalue weighted by Gasteiger charge is -2.30. The van der Waals surface area contributed by atoms with Gasteiger partial charge in [-0.1, -0.05) is 84.0 Å². The molecular weight excluding hydrogens is 516 g/mol. The predicted molar refractivity (Wildman–Crippen MR) is 164 cm³/mol. The molecule has 0 saturated heterocycles. The minimum absolute atomic E-state index is 0.0287. The third-order valence-electron chi connectivity index (χ3n) is 7.80. The zero-order chi connectivity index (χ0) is 30.2. The Kier molecular flexibility index (Phi) is 10.5. The number of ketones is 1.